The summed E-state index contributed by atoms with van der Waals surface area (Å²) in [6, 6.07) is 5.98. The molecule has 0 radical (unpaired) electrons. The molecular weight excluding hydrogens is 362 g/mol. The van der Waals surface area contributed by atoms with Crippen LogP contribution in [0.3, 0.4) is 0 Å². The lowest BCUT2D eigenvalue weighted by Gasteiger charge is -2.27. The molecule has 1 aliphatic heterocycles. The normalized spacial score (nSPS) is 13.1. The van der Waals surface area contributed by atoms with Gasteiger partial charge in [-0.1, -0.05) is 25.5 Å². The second-order valence-corrected chi connectivity index (χ2v) is 6.80. The van der Waals surface area contributed by atoms with E-state index in [0.29, 0.717) is 37.3 Å². The Hall–Kier alpha value is -3.23. The first kappa shape index (κ1) is 19.5. The predicted molar refractivity (Wildman–Crippen MR) is 102 cm³/mol. The van der Waals surface area contributed by atoms with Gasteiger partial charge in [-0.15, -0.1) is 0 Å². The molecule has 9 heteroatoms. The maximum atomic E-state index is 12.7. The lowest BCUT2D eigenvalue weighted by atomic mass is 10.0. The van der Waals surface area contributed by atoms with E-state index in [-0.39, 0.29) is 23.9 Å². The quantitative estimate of drug-likeness (QED) is 0.429. The lowest BCUT2D eigenvalue weighted by Crippen LogP contribution is -2.37. The molecule has 0 atom stereocenters. The van der Waals surface area contributed by atoms with Crippen LogP contribution in [0.5, 0.6) is 0 Å². The fourth-order valence-corrected chi connectivity index (χ4v) is 3.18. The number of aromatic amines is 1. The highest BCUT2D eigenvalue weighted by Crippen LogP contribution is 2.21. The Morgan fingerprint density at radius 1 is 1.32 bits per heavy atom. The fraction of sp³-hybridized carbons (Fsp3) is 0.421. The van der Waals surface area contributed by atoms with E-state index in [1.165, 1.54) is 12.1 Å². The Morgan fingerprint density at radius 2 is 2.07 bits per heavy atom. The summed E-state index contributed by atoms with van der Waals surface area (Å²) in [4.78, 5) is 37.0. The van der Waals surface area contributed by atoms with Crippen molar-refractivity contribution in [2.45, 2.75) is 39.2 Å². The van der Waals surface area contributed by atoms with Crippen LogP contribution in [0.15, 0.2) is 24.3 Å². The number of aromatic nitrogens is 2. The third kappa shape index (κ3) is 4.36. The van der Waals surface area contributed by atoms with E-state index in [4.69, 9.17) is 0 Å². The summed E-state index contributed by atoms with van der Waals surface area (Å²) in [7, 11) is 0. The largest absolute Gasteiger partial charge is 0.351 e. The Balaban J connectivity index is 1.65. The van der Waals surface area contributed by atoms with Crippen molar-refractivity contribution >= 4 is 17.5 Å². The maximum absolute atomic E-state index is 12.7. The molecular formula is C19H23N5O4. The van der Waals surface area contributed by atoms with E-state index in [2.05, 4.69) is 22.4 Å². The Kier molecular flexibility index (Phi) is 6.03. The molecule has 2 amide bonds. The summed E-state index contributed by atoms with van der Waals surface area (Å²) in [6.45, 7) is 3.52. The minimum atomic E-state index is -0.468. The van der Waals surface area contributed by atoms with Gasteiger partial charge in [-0.25, -0.2) is 0 Å². The van der Waals surface area contributed by atoms with Crippen molar-refractivity contribution in [3.8, 4) is 0 Å². The van der Waals surface area contributed by atoms with Gasteiger partial charge in [0, 0.05) is 49.4 Å². The molecule has 0 spiro atoms. The number of fused-ring (bicyclic) bond motifs is 1. The van der Waals surface area contributed by atoms with Crippen LogP contribution in [-0.4, -0.2) is 44.9 Å². The molecule has 9 nitrogen and oxygen atoms in total. The molecule has 0 aliphatic carbocycles. The number of rotatable bonds is 7. The van der Waals surface area contributed by atoms with Gasteiger partial charge >= 0.3 is 0 Å². The summed E-state index contributed by atoms with van der Waals surface area (Å²) in [6.07, 6.45) is 2.65. The maximum Gasteiger partial charge on any atom is 0.272 e. The van der Waals surface area contributed by atoms with Crippen molar-refractivity contribution in [3.05, 3.63) is 56.9 Å². The molecule has 0 unspecified atom stereocenters. The molecule has 2 aromatic rings. The number of unbranched alkanes of at least 4 members (excludes halogenated alkanes) is 1. The van der Waals surface area contributed by atoms with Gasteiger partial charge in [-0.3, -0.25) is 24.8 Å². The van der Waals surface area contributed by atoms with Crippen LogP contribution in [0.2, 0.25) is 0 Å². The summed E-state index contributed by atoms with van der Waals surface area (Å²) >= 11 is 0. The van der Waals surface area contributed by atoms with Crippen molar-refractivity contribution in [1.29, 1.82) is 0 Å². The van der Waals surface area contributed by atoms with Gasteiger partial charge in [0.2, 0.25) is 5.91 Å². The number of nitro benzene ring substituents is 1. The average molecular weight is 385 g/mol. The zero-order valence-corrected chi connectivity index (χ0v) is 15.7. The van der Waals surface area contributed by atoms with Gasteiger partial charge in [0.05, 0.1) is 11.3 Å². The number of nitro groups is 1. The van der Waals surface area contributed by atoms with Crippen LogP contribution in [0.1, 0.15) is 47.1 Å². The first-order valence-corrected chi connectivity index (χ1v) is 9.35. The summed E-state index contributed by atoms with van der Waals surface area (Å²) < 4.78 is 0. The number of benzene rings is 1. The monoisotopic (exact) mass is 385 g/mol. The Labute approximate surface area is 162 Å². The number of non-ortho nitro benzene ring substituents is 1. The molecule has 3 rings (SSSR count). The molecule has 0 fully saturated rings. The van der Waals surface area contributed by atoms with Gasteiger partial charge in [0.1, 0.15) is 0 Å². The smallest absolute Gasteiger partial charge is 0.272 e. The number of amides is 2. The highest BCUT2D eigenvalue weighted by Gasteiger charge is 2.27. The number of H-pyrrole nitrogens is 1. The van der Waals surface area contributed by atoms with Gasteiger partial charge in [0.15, 0.2) is 5.69 Å². The number of carbonyl (C=O) groups is 2. The van der Waals surface area contributed by atoms with Crippen molar-refractivity contribution in [1.82, 2.24) is 20.4 Å². The predicted octanol–water partition coefficient (Wildman–Crippen LogP) is 1.98. The van der Waals surface area contributed by atoms with Gasteiger partial charge in [0.25, 0.3) is 11.6 Å². The summed E-state index contributed by atoms with van der Waals surface area (Å²) in [5.41, 5.74) is 2.71. The second-order valence-electron chi connectivity index (χ2n) is 6.80. The average Bonchev–Trinajstić information content (AvgIpc) is 3.11. The first-order valence-electron chi connectivity index (χ1n) is 9.35. The minimum absolute atomic E-state index is 0.00376. The zero-order chi connectivity index (χ0) is 20.1. The minimum Gasteiger partial charge on any atom is -0.351 e. The molecule has 1 aliphatic rings. The van der Waals surface area contributed by atoms with Crippen molar-refractivity contribution in [3.63, 3.8) is 0 Å². The fourth-order valence-electron chi connectivity index (χ4n) is 3.18. The molecule has 1 aromatic carbocycles. The number of carbonyl (C=O) groups excluding carboxylic acids is 2. The number of nitrogens with zero attached hydrogens (tertiary/aromatic N) is 3. The number of hydrogen-bond donors (Lipinski definition) is 2. The van der Waals surface area contributed by atoms with E-state index >= 15 is 0 Å². The van der Waals surface area contributed by atoms with Gasteiger partial charge < -0.3 is 10.2 Å². The summed E-state index contributed by atoms with van der Waals surface area (Å²) in [5.74, 6) is -0.311. The molecule has 2 N–H and O–H groups in total. The first-order chi connectivity index (χ1) is 13.5. The molecule has 28 heavy (non-hydrogen) atoms. The van der Waals surface area contributed by atoms with E-state index in [1.54, 1.807) is 17.0 Å². The van der Waals surface area contributed by atoms with Crippen LogP contribution in [-0.2, 0) is 24.2 Å². The van der Waals surface area contributed by atoms with Crippen molar-refractivity contribution < 1.29 is 14.5 Å². The van der Waals surface area contributed by atoms with Crippen LogP contribution >= 0.6 is 0 Å². The molecule has 1 aromatic heterocycles. The molecule has 0 bridgehead atoms. The molecule has 0 saturated carbocycles. The van der Waals surface area contributed by atoms with Crippen LogP contribution in [0.25, 0.3) is 0 Å². The lowest BCUT2D eigenvalue weighted by molar-refractivity contribution is -0.384. The van der Waals surface area contributed by atoms with Crippen LogP contribution < -0.4 is 5.32 Å². The SMILES string of the molecule is CCCCNC(=O)c1n[nH]c2c1CN(C(=O)Cc1ccc([N+](=O)[O-])cc1)CC2. The second kappa shape index (κ2) is 8.64. The highest BCUT2D eigenvalue weighted by molar-refractivity contribution is 5.94. The van der Waals surface area contributed by atoms with Gasteiger partial charge in [-0.2, -0.15) is 5.10 Å². The Morgan fingerprint density at radius 3 is 2.75 bits per heavy atom. The zero-order valence-electron chi connectivity index (χ0n) is 15.7. The third-order valence-corrected chi connectivity index (χ3v) is 4.82. The van der Waals surface area contributed by atoms with E-state index in [0.717, 1.165) is 24.1 Å². The molecule has 0 saturated heterocycles. The summed E-state index contributed by atoms with van der Waals surface area (Å²) in [5, 5.41) is 20.6. The topological polar surface area (TPSA) is 121 Å². The van der Waals surface area contributed by atoms with Gasteiger partial charge in [-0.05, 0) is 12.0 Å². The van der Waals surface area contributed by atoms with E-state index < -0.39 is 4.92 Å². The van der Waals surface area contributed by atoms with Crippen LogP contribution in [0, 0.1) is 10.1 Å². The van der Waals surface area contributed by atoms with Crippen molar-refractivity contribution in [2.24, 2.45) is 0 Å². The molecule has 148 valence electrons. The highest BCUT2D eigenvalue weighted by atomic mass is 16.6. The Bertz CT molecular complexity index is 875. The van der Waals surface area contributed by atoms with E-state index in [1.807, 2.05) is 0 Å². The van der Waals surface area contributed by atoms with Crippen molar-refractivity contribution in [2.75, 3.05) is 13.1 Å². The third-order valence-electron chi connectivity index (χ3n) is 4.82. The standard InChI is InChI=1S/C19H23N5O4/c1-2-3-9-20-19(26)18-15-12-23(10-8-16(15)21-22-18)17(25)11-13-4-6-14(7-5-13)24(27)28/h4-7H,2-3,8-12H2,1H3,(H,20,26)(H,21,22). The van der Waals surface area contributed by atoms with Crippen LogP contribution in [0.4, 0.5) is 5.69 Å². The number of hydrogen-bond acceptors (Lipinski definition) is 5. The molecule has 2 heterocycles. The van der Waals surface area contributed by atoms with E-state index in [9.17, 15) is 19.7 Å². The number of nitrogens with one attached hydrogen (secondary N) is 2.